The summed E-state index contributed by atoms with van der Waals surface area (Å²) in [6.45, 7) is 0.409. The first kappa shape index (κ1) is 6.66. The molecule has 0 amide bonds. The second kappa shape index (κ2) is 2.23. The Morgan fingerprint density at radius 2 is 2.00 bits per heavy atom. The highest BCUT2D eigenvalue weighted by Crippen LogP contribution is 2.63. The zero-order valence-electron chi connectivity index (χ0n) is 6.47. The van der Waals surface area contributed by atoms with Crippen LogP contribution in [0.1, 0.15) is 38.5 Å². The first-order valence-electron chi connectivity index (χ1n) is 4.48. The molecule has 0 heterocycles. The molecule has 2 fully saturated rings. The average molecular weight is 140 g/mol. The highest BCUT2D eigenvalue weighted by atomic mass is 16.3. The van der Waals surface area contributed by atoms with Gasteiger partial charge in [-0.2, -0.15) is 0 Å². The Bertz CT molecular complexity index is 125. The zero-order valence-corrected chi connectivity index (χ0v) is 6.47. The fraction of sp³-hybridized carbons (Fsp3) is 1.00. The van der Waals surface area contributed by atoms with Crippen molar-refractivity contribution in [3.8, 4) is 0 Å². The van der Waals surface area contributed by atoms with Gasteiger partial charge in [0.25, 0.3) is 0 Å². The van der Waals surface area contributed by atoms with E-state index in [4.69, 9.17) is 5.11 Å². The first-order valence-corrected chi connectivity index (χ1v) is 4.48. The molecule has 2 rings (SSSR count). The average Bonchev–Trinajstić information content (AvgIpc) is 2.43. The largest absolute Gasteiger partial charge is 0.396 e. The van der Waals surface area contributed by atoms with E-state index in [1.807, 2.05) is 0 Å². The lowest BCUT2D eigenvalue weighted by Gasteiger charge is -2.05. The molecule has 10 heavy (non-hydrogen) atoms. The minimum Gasteiger partial charge on any atom is -0.396 e. The Hall–Kier alpha value is -0.0400. The van der Waals surface area contributed by atoms with Crippen molar-refractivity contribution in [1.82, 2.24) is 0 Å². The lowest BCUT2D eigenvalue weighted by atomic mass is 10.0. The molecular formula is C9H16O. The predicted molar refractivity (Wildman–Crippen MR) is 40.7 cm³/mol. The molecule has 0 aromatic heterocycles. The minimum atomic E-state index is 0.409. The molecular weight excluding hydrogens is 124 g/mol. The van der Waals surface area contributed by atoms with E-state index in [9.17, 15) is 0 Å². The van der Waals surface area contributed by atoms with Gasteiger partial charge in [0.05, 0.1) is 0 Å². The van der Waals surface area contributed by atoms with E-state index in [1.54, 1.807) is 0 Å². The molecule has 2 aliphatic rings. The third kappa shape index (κ3) is 0.878. The predicted octanol–water partition coefficient (Wildman–Crippen LogP) is 1.95. The molecule has 0 saturated heterocycles. The first-order chi connectivity index (χ1) is 4.87. The molecule has 1 N–H and O–H groups in total. The van der Waals surface area contributed by atoms with Gasteiger partial charge in [0.2, 0.25) is 0 Å². The van der Waals surface area contributed by atoms with E-state index in [0.29, 0.717) is 6.61 Å². The molecule has 1 atom stereocenters. The maximum absolute atomic E-state index is 8.72. The van der Waals surface area contributed by atoms with Crippen LogP contribution in [0.3, 0.4) is 0 Å². The monoisotopic (exact) mass is 140 g/mol. The maximum Gasteiger partial charge on any atom is 0.0433 e. The fourth-order valence-corrected chi connectivity index (χ4v) is 2.69. The van der Waals surface area contributed by atoms with Crippen molar-refractivity contribution >= 4 is 0 Å². The second-order valence-corrected chi connectivity index (χ2v) is 3.98. The molecule has 2 aliphatic carbocycles. The third-order valence-corrected chi connectivity index (χ3v) is 3.44. The van der Waals surface area contributed by atoms with Crippen molar-refractivity contribution < 1.29 is 5.11 Å². The Kier molecular flexibility index (Phi) is 1.48. The van der Waals surface area contributed by atoms with Crippen molar-refractivity contribution in [2.75, 3.05) is 6.61 Å². The summed E-state index contributed by atoms with van der Waals surface area (Å²) in [5, 5.41) is 8.72. The maximum atomic E-state index is 8.72. The van der Waals surface area contributed by atoms with Crippen molar-refractivity contribution in [2.24, 2.45) is 11.3 Å². The van der Waals surface area contributed by atoms with E-state index in [0.717, 1.165) is 17.8 Å². The SMILES string of the molecule is OCCC1CC12CCCC2. The van der Waals surface area contributed by atoms with Crippen LogP contribution in [-0.4, -0.2) is 11.7 Å². The van der Waals surface area contributed by atoms with Crippen molar-refractivity contribution in [3.63, 3.8) is 0 Å². The topological polar surface area (TPSA) is 20.2 Å². The highest BCUT2D eigenvalue weighted by Gasteiger charge is 2.53. The summed E-state index contributed by atoms with van der Waals surface area (Å²) in [6.07, 6.45) is 8.30. The highest BCUT2D eigenvalue weighted by molar-refractivity contribution is 5.04. The molecule has 0 bridgehead atoms. The lowest BCUT2D eigenvalue weighted by molar-refractivity contribution is 0.267. The number of rotatable bonds is 2. The number of aliphatic hydroxyl groups excluding tert-OH is 1. The lowest BCUT2D eigenvalue weighted by Crippen LogP contribution is -1.97. The Labute approximate surface area is 62.4 Å². The van der Waals surface area contributed by atoms with Gasteiger partial charge in [0.1, 0.15) is 0 Å². The zero-order chi connectivity index (χ0) is 7.03. The quantitative estimate of drug-likeness (QED) is 0.621. The summed E-state index contributed by atoms with van der Waals surface area (Å²) in [7, 11) is 0. The van der Waals surface area contributed by atoms with Crippen LogP contribution in [0.2, 0.25) is 0 Å². The van der Waals surface area contributed by atoms with Gasteiger partial charge in [-0.3, -0.25) is 0 Å². The molecule has 1 unspecified atom stereocenters. The molecule has 1 heteroatoms. The van der Waals surface area contributed by atoms with E-state index in [-0.39, 0.29) is 0 Å². The Morgan fingerprint density at radius 1 is 1.30 bits per heavy atom. The van der Waals surface area contributed by atoms with Crippen LogP contribution in [0, 0.1) is 11.3 Å². The van der Waals surface area contributed by atoms with Crippen molar-refractivity contribution in [1.29, 1.82) is 0 Å². The normalized spacial score (nSPS) is 35.1. The molecule has 0 radical (unpaired) electrons. The van der Waals surface area contributed by atoms with Crippen LogP contribution < -0.4 is 0 Å². The fourth-order valence-electron chi connectivity index (χ4n) is 2.69. The summed E-state index contributed by atoms with van der Waals surface area (Å²) >= 11 is 0. The van der Waals surface area contributed by atoms with Crippen molar-refractivity contribution in [2.45, 2.75) is 38.5 Å². The smallest absolute Gasteiger partial charge is 0.0433 e. The standard InChI is InChI=1S/C9H16O/c10-6-3-8-7-9(8)4-1-2-5-9/h8,10H,1-7H2. The van der Waals surface area contributed by atoms with Gasteiger partial charge < -0.3 is 5.11 Å². The molecule has 2 saturated carbocycles. The number of aliphatic hydroxyl groups is 1. The molecule has 58 valence electrons. The van der Waals surface area contributed by atoms with Crippen LogP contribution in [0.4, 0.5) is 0 Å². The summed E-state index contributed by atoms with van der Waals surface area (Å²) in [5.41, 5.74) is 0.753. The van der Waals surface area contributed by atoms with Crippen LogP contribution >= 0.6 is 0 Å². The molecule has 0 aliphatic heterocycles. The summed E-state index contributed by atoms with van der Waals surface area (Å²) < 4.78 is 0. The Balaban J connectivity index is 1.86. The van der Waals surface area contributed by atoms with Gasteiger partial charge in [0, 0.05) is 6.61 Å². The molecule has 1 nitrogen and oxygen atoms in total. The van der Waals surface area contributed by atoms with Gasteiger partial charge in [-0.15, -0.1) is 0 Å². The molecule has 1 spiro atoms. The van der Waals surface area contributed by atoms with Gasteiger partial charge >= 0.3 is 0 Å². The van der Waals surface area contributed by atoms with Gasteiger partial charge in [0.15, 0.2) is 0 Å². The van der Waals surface area contributed by atoms with Crippen molar-refractivity contribution in [3.05, 3.63) is 0 Å². The van der Waals surface area contributed by atoms with Crippen LogP contribution in [0.15, 0.2) is 0 Å². The van der Waals surface area contributed by atoms with E-state index < -0.39 is 0 Å². The van der Waals surface area contributed by atoms with Gasteiger partial charge in [-0.1, -0.05) is 12.8 Å². The van der Waals surface area contributed by atoms with Crippen LogP contribution in [-0.2, 0) is 0 Å². The van der Waals surface area contributed by atoms with Gasteiger partial charge in [-0.05, 0) is 37.0 Å². The van der Waals surface area contributed by atoms with E-state index in [1.165, 1.54) is 32.1 Å². The summed E-state index contributed by atoms with van der Waals surface area (Å²) in [4.78, 5) is 0. The van der Waals surface area contributed by atoms with Crippen LogP contribution in [0.25, 0.3) is 0 Å². The Morgan fingerprint density at radius 3 is 2.60 bits per heavy atom. The van der Waals surface area contributed by atoms with E-state index >= 15 is 0 Å². The third-order valence-electron chi connectivity index (χ3n) is 3.44. The molecule has 0 aromatic carbocycles. The summed E-state index contributed by atoms with van der Waals surface area (Å²) in [6, 6.07) is 0. The number of hydrogen-bond donors (Lipinski definition) is 1. The van der Waals surface area contributed by atoms with E-state index in [2.05, 4.69) is 0 Å². The minimum absolute atomic E-state index is 0.409. The van der Waals surface area contributed by atoms with Crippen LogP contribution in [0.5, 0.6) is 0 Å². The van der Waals surface area contributed by atoms with Gasteiger partial charge in [-0.25, -0.2) is 0 Å². The molecule has 0 aromatic rings. The summed E-state index contributed by atoms with van der Waals surface area (Å²) in [5.74, 6) is 0.903. The second-order valence-electron chi connectivity index (χ2n) is 3.98. The number of hydrogen-bond acceptors (Lipinski definition) is 1.